The van der Waals surface area contributed by atoms with Crippen molar-refractivity contribution in [2.45, 2.75) is 13.5 Å². The van der Waals surface area contributed by atoms with Gasteiger partial charge in [0, 0.05) is 18.8 Å². The number of esters is 1. The van der Waals surface area contributed by atoms with Crippen LogP contribution in [-0.4, -0.2) is 99.8 Å². The van der Waals surface area contributed by atoms with Crippen molar-refractivity contribution in [1.29, 1.82) is 0 Å². The number of nitrogens with zero attached hydrogens (tertiary/aromatic N) is 2. The molecule has 0 aliphatic carbocycles. The number of carbonyl (C=O) groups excluding carboxylic acids is 3. The number of benzene rings is 1. The summed E-state index contributed by atoms with van der Waals surface area (Å²) >= 11 is 0. The second-order valence-corrected chi connectivity index (χ2v) is 8.37. The normalized spacial score (nSPS) is 12.3. The van der Waals surface area contributed by atoms with Gasteiger partial charge >= 0.3 is 5.97 Å². The van der Waals surface area contributed by atoms with Crippen LogP contribution in [-0.2, 0) is 35.0 Å². The van der Waals surface area contributed by atoms with E-state index in [0.29, 0.717) is 69.6 Å². The number of hydrogen-bond acceptors (Lipinski definition) is 10. The van der Waals surface area contributed by atoms with E-state index in [2.05, 4.69) is 5.32 Å². The number of hydrogen-bond donors (Lipinski definition) is 1. The van der Waals surface area contributed by atoms with Gasteiger partial charge in [-0.15, -0.1) is 12.4 Å². The predicted molar refractivity (Wildman–Crippen MR) is 148 cm³/mol. The fourth-order valence-electron chi connectivity index (χ4n) is 3.73. The number of aromatic nitrogens is 1. The molecular formula is C27H36ClN3O9. The van der Waals surface area contributed by atoms with E-state index in [4.69, 9.17) is 23.7 Å². The molecule has 1 aliphatic rings. The molecule has 1 N–H and O–H groups in total. The molecule has 1 aromatic heterocycles. The third-order valence-corrected chi connectivity index (χ3v) is 5.62. The zero-order chi connectivity index (χ0) is 27.9. The molecule has 0 saturated carbocycles. The maximum absolute atomic E-state index is 12.3. The van der Waals surface area contributed by atoms with Crippen LogP contribution in [0.25, 0.3) is 0 Å². The highest BCUT2D eigenvalue weighted by Gasteiger charge is 2.34. The summed E-state index contributed by atoms with van der Waals surface area (Å²) in [5, 5.41) is 3.14. The number of anilines is 1. The Hall–Kier alpha value is -3.29. The Labute approximate surface area is 238 Å². The summed E-state index contributed by atoms with van der Waals surface area (Å²) in [7, 11) is 0. The summed E-state index contributed by atoms with van der Waals surface area (Å²) < 4.78 is 28.1. The number of ether oxygens (including phenoxy) is 5. The Morgan fingerprint density at radius 1 is 0.775 bits per heavy atom. The molecule has 220 valence electrons. The summed E-state index contributed by atoms with van der Waals surface area (Å²) in [6, 6.07) is 9.82. The third-order valence-electron chi connectivity index (χ3n) is 5.62. The number of amides is 2. The molecule has 2 aromatic rings. The van der Waals surface area contributed by atoms with Crippen LogP contribution in [0.4, 0.5) is 5.69 Å². The van der Waals surface area contributed by atoms with Crippen molar-refractivity contribution < 1.29 is 38.1 Å². The molecule has 2 heterocycles. The van der Waals surface area contributed by atoms with Crippen LogP contribution < -0.4 is 10.9 Å². The lowest BCUT2D eigenvalue weighted by molar-refractivity contribution is -0.143. The molecule has 0 saturated heterocycles. The summed E-state index contributed by atoms with van der Waals surface area (Å²) in [4.78, 5) is 49.2. The summed E-state index contributed by atoms with van der Waals surface area (Å²) in [6.07, 6.45) is 1.57. The van der Waals surface area contributed by atoms with E-state index in [1.807, 2.05) is 0 Å². The van der Waals surface area contributed by atoms with Gasteiger partial charge in [0.2, 0.25) is 0 Å². The van der Waals surface area contributed by atoms with Crippen molar-refractivity contribution in [3.05, 3.63) is 64.1 Å². The average Bonchev–Trinajstić information content (AvgIpc) is 3.17. The predicted octanol–water partition coefficient (Wildman–Crippen LogP) is 1.61. The van der Waals surface area contributed by atoms with E-state index in [1.54, 1.807) is 43.5 Å². The zero-order valence-corrected chi connectivity index (χ0v) is 23.3. The smallest absolute Gasteiger partial charge is 0.326 e. The summed E-state index contributed by atoms with van der Waals surface area (Å²) in [5.41, 5.74) is 1.28. The maximum atomic E-state index is 12.3. The van der Waals surface area contributed by atoms with Gasteiger partial charge in [0.05, 0.1) is 82.8 Å². The first kappa shape index (κ1) is 32.9. The summed E-state index contributed by atoms with van der Waals surface area (Å²) in [5.74, 6) is -1.04. The Morgan fingerprint density at radius 2 is 1.32 bits per heavy atom. The van der Waals surface area contributed by atoms with E-state index in [0.717, 1.165) is 0 Å². The second kappa shape index (κ2) is 18.1. The van der Waals surface area contributed by atoms with Crippen molar-refractivity contribution in [2.24, 2.45) is 0 Å². The zero-order valence-electron chi connectivity index (χ0n) is 22.5. The highest BCUT2D eigenvalue weighted by Crippen LogP contribution is 2.21. The molecule has 0 fully saturated rings. The molecule has 0 spiro atoms. The summed E-state index contributed by atoms with van der Waals surface area (Å²) in [6.45, 7) is 5.64. The molecule has 2 amide bonds. The number of halogens is 1. The minimum Gasteiger partial charge on any atom is -0.465 e. The maximum Gasteiger partial charge on any atom is 0.326 e. The van der Waals surface area contributed by atoms with Crippen LogP contribution in [0.1, 0.15) is 27.6 Å². The van der Waals surface area contributed by atoms with Crippen LogP contribution in [0.15, 0.2) is 47.4 Å². The Morgan fingerprint density at radius 3 is 1.90 bits per heavy atom. The Bertz CT molecular complexity index is 1120. The first-order chi connectivity index (χ1) is 19.0. The minimum atomic E-state index is -0.462. The molecule has 3 rings (SSSR count). The molecule has 0 atom stereocenters. The molecule has 13 heteroatoms. The largest absolute Gasteiger partial charge is 0.465 e. The van der Waals surface area contributed by atoms with Crippen LogP contribution >= 0.6 is 12.4 Å². The minimum absolute atomic E-state index is 0. The molecule has 0 radical (unpaired) electrons. The standard InChI is InChI=1S/C27H35N3O9.ClH/c1-2-39-25(32)20-29-19-21(7-8-24(29)31)28-9-11-35-13-15-37-17-18-38-16-14-36-12-10-30-26(33)22-5-3-4-6-23(22)27(30)34;/h3-8,19,28H,2,9-18,20H2,1H3;1H. The van der Waals surface area contributed by atoms with Crippen LogP contribution in [0.2, 0.25) is 0 Å². The van der Waals surface area contributed by atoms with Gasteiger partial charge < -0.3 is 33.6 Å². The molecule has 0 bridgehead atoms. The SMILES string of the molecule is CCOC(=O)Cn1cc(NCCOCCOCCOCCOCCN2C(=O)c3ccccc3C2=O)ccc1=O.Cl. The van der Waals surface area contributed by atoms with Crippen molar-refractivity contribution >= 4 is 35.9 Å². The van der Waals surface area contributed by atoms with E-state index >= 15 is 0 Å². The van der Waals surface area contributed by atoms with E-state index in [1.165, 1.54) is 15.5 Å². The van der Waals surface area contributed by atoms with E-state index in [9.17, 15) is 19.2 Å². The van der Waals surface area contributed by atoms with E-state index in [-0.39, 0.29) is 56.1 Å². The van der Waals surface area contributed by atoms with Gasteiger partial charge in [-0.1, -0.05) is 12.1 Å². The molecule has 0 unspecified atom stereocenters. The van der Waals surface area contributed by atoms with Gasteiger partial charge in [0.15, 0.2) is 0 Å². The molecule has 1 aliphatic heterocycles. The van der Waals surface area contributed by atoms with Gasteiger partial charge in [0.25, 0.3) is 17.4 Å². The van der Waals surface area contributed by atoms with Gasteiger partial charge in [-0.3, -0.25) is 24.1 Å². The first-order valence-electron chi connectivity index (χ1n) is 12.9. The highest BCUT2D eigenvalue weighted by molar-refractivity contribution is 6.21. The fourth-order valence-corrected chi connectivity index (χ4v) is 3.73. The van der Waals surface area contributed by atoms with Crippen LogP contribution in [0, 0.1) is 0 Å². The number of imide groups is 1. The number of pyridine rings is 1. The van der Waals surface area contributed by atoms with Crippen molar-refractivity contribution in [3.63, 3.8) is 0 Å². The van der Waals surface area contributed by atoms with Gasteiger partial charge in [-0.25, -0.2) is 0 Å². The monoisotopic (exact) mass is 581 g/mol. The van der Waals surface area contributed by atoms with Crippen molar-refractivity contribution in [3.8, 4) is 0 Å². The average molecular weight is 582 g/mol. The number of fused-ring (bicyclic) bond motifs is 1. The number of nitrogens with one attached hydrogen (secondary N) is 1. The third kappa shape index (κ3) is 10.4. The first-order valence-corrected chi connectivity index (χ1v) is 12.9. The van der Waals surface area contributed by atoms with Crippen LogP contribution in [0.5, 0.6) is 0 Å². The van der Waals surface area contributed by atoms with Crippen molar-refractivity contribution in [1.82, 2.24) is 9.47 Å². The second-order valence-electron chi connectivity index (χ2n) is 8.37. The molecular weight excluding hydrogens is 546 g/mol. The molecule has 1 aromatic carbocycles. The molecule has 12 nitrogen and oxygen atoms in total. The van der Waals surface area contributed by atoms with Gasteiger partial charge in [-0.2, -0.15) is 0 Å². The van der Waals surface area contributed by atoms with Gasteiger partial charge in [-0.05, 0) is 25.1 Å². The highest BCUT2D eigenvalue weighted by atomic mass is 35.5. The van der Waals surface area contributed by atoms with E-state index < -0.39 is 5.97 Å². The van der Waals surface area contributed by atoms with Gasteiger partial charge in [0.1, 0.15) is 6.54 Å². The molecule has 40 heavy (non-hydrogen) atoms. The lowest BCUT2D eigenvalue weighted by Crippen LogP contribution is -2.33. The lowest BCUT2D eigenvalue weighted by Gasteiger charge is -2.13. The lowest BCUT2D eigenvalue weighted by atomic mass is 10.1. The topological polar surface area (TPSA) is 135 Å². The Kier molecular flexibility index (Phi) is 14.9. The number of rotatable bonds is 19. The Balaban J connectivity index is 0.00000560. The van der Waals surface area contributed by atoms with Crippen LogP contribution in [0.3, 0.4) is 0 Å². The number of carbonyl (C=O) groups is 3. The quantitative estimate of drug-likeness (QED) is 0.148. The van der Waals surface area contributed by atoms with Crippen molar-refractivity contribution in [2.75, 3.05) is 77.9 Å². The fraction of sp³-hybridized carbons (Fsp3) is 0.481.